The standard InChI is InChI=1S/C15H22/c1-15-13-11-9-7-5-3-2-4-6-8-10-12-14-15/h3,5-6,8,11,13-14H,2,4,7,9-10,12H2,1H3. The van der Waals surface area contributed by atoms with E-state index in [4.69, 9.17) is 0 Å². The first kappa shape index (κ1) is 12.0. The van der Waals surface area contributed by atoms with Crippen molar-refractivity contribution in [3.63, 3.8) is 0 Å². The highest BCUT2D eigenvalue weighted by molar-refractivity contribution is 5.16. The molecule has 15 heavy (non-hydrogen) atoms. The molecule has 0 N–H and O–H groups in total. The molecule has 0 bridgehead atoms. The third-order valence-corrected chi connectivity index (χ3v) is 2.51. The highest BCUT2D eigenvalue weighted by Crippen LogP contribution is 2.05. The lowest BCUT2D eigenvalue weighted by Crippen LogP contribution is -1.74. The minimum absolute atomic E-state index is 1.16. The molecule has 0 amide bonds. The van der Waals surface area contributed by atoms with E-state index in [2.05, 4.69) is 49.5 Å². The van der Waals surface area contributed by atoms with Crippen LogP contribution in [0.4, 0.5) is 0 Å². The Morgan fingerprint density at radius 3 is 1.73 bits per heavy atom. The number of rotatable bonds is 0. The zero-order chi connectivity index (χ0) is 10.8. The zero-order valence-electron chi connectivity index (χ0n) is 9.78. The third-order valence-electron chi connectivity index (χ3n) is 2.51. The Morgan fingerprint density at radius 1 is 0.667 bits per heavy atom. The van der Waals surface area contributed by atoms with E-state index in [0.29, 0.717) is 0 Å². The second kappa shape index (κ2) is 8.28. The summed E-state index contributed by atoms with van der Waals surface area (Å²) in [4.78, 5) is 0. The fraction of sp³-hybridized carbons (Fsp3) is 0.467. The maximum absolute atomic E-state index is 2.32. The second-order valence-electron chi connectivity index (χ2n) is 4.03. The molecule has 0 aromatic carbocycles. The van der Waals surface area contributed by atoms with Gasteiger partial charge in [0.2, 0.25) is 0 Å². The number of allylic oxidation sites excluding steroid dienone is 8. The van der Waals surface area contributed by atoms with Gasteiger partial charge in [-0.1, -0.05) is 48.1 Å². The van der Waals surface area contributed by atoms with Gasteiger partial charge in [-0.25, -0.2) is 0 Å². The van der Waals surface area contributed by atoms with Crippen molar-refractivity contribution < 1.29 is 0 Å². The molecule has 1 rings (SSSR count). The molecule has 0 fully saturated rings. The van der Waals surface area contributed by atoms with Crippen LogP contribution in [0.25, 0.3) is 0 Å². The Hall–Kier alpha value is -1.04. The van der Waals surface area contributed by atoms with Crippen molar-refractivity contribution in [2.45, 2.75) is 45.4 Å². The Bertz CT molecular complexity index is 264. The SMILES string of the molecule is CC1=CCCC=CCCC=CCCC=C1. The molecule has 0 aliphatic heterocycles. The van der Waals surface area contributed by atoms with Gasteiger partial charge in [-0.05, 0) is 45.4 Å². The predicted octanol–water partition coefficient (Wildman–Crippen LogP) is 4.96. The van der Waals surface area contributed by atoms with Crippen molar-refractivity contribution in [3.8, 4) is 0 Å². The van der Waals surface area contributed by atoms with E-state index in [0.717, 1.165) is 6.42 Å². The summed E-state index contributed by atoms with van der Waals surface area (Å²) in [5, 5.41) is 0. The molecule has 0 aromatic rings. The molecule has 0 radical (unpaired) electrons. The molecule has 0 spiro atoms. The molecule has 0 heteroatoms. The molecule has 1 aliphatic carbocycles. The summed E-state index contributed by atoms with van der Waals surface area (Å²) in [6, 6.07) is 0. The van der Waals surface area contributed by atoms with E-state index in [-0.39, 0.29) is 0 Å². The molecule has 0 saturated carbocycles. The van der Waals surface area contributed by atoms with Gasteiger partial charge in [0, 0.05) is 0 Å². The first-order valence-electron chi connectivity index (χ1n) is 6.03. The van der Waals surface area contributed by atoms with Crippen LogP contribution in [0.3, 0.4) is 0 Å². The van der Waals surface area contributed by atoms with Gasteiger partial charge in [0.05, 0.1) is 0 Å². The minimum atomic E-state index is 1.16. The van der Waals surface area contributed by atoms with E-state index in [1.54, 1.807) is 0 Å². The van der Waals surface area contributed by atoms with Crippen LogP contribution >= 0.6 is 0 Å². The average Bonchev–Trinajstić information content (AvgIpc) is 2.24. The van der Waals surface area contributed by atoms with Crippen LogP contribution in [-0.2, 0) is 0 Å². The molecule has 0 heterocycles. The van der Waals surface area contributed by atoms with Crippen LogP contribution in [0.5, 0.6) is 0 Å². The average molecular weight is 202 g/mol. The highest BCUT2D eigenvalue weighted by Gasteiger charge is 1.84. The Balaban J connectivity index is 2.46. The third kappa shape index (κ3) is 6.96. The molecule has 0 aromatic heterocycles. The molecular formula is C15H22. The fourth-order valence-electron chi connectivity index (χ4n) is 1.60. The summed E-state index contributed by atoms with van der Waals surface area (Å²) in [5.74, 6) is 0. The smallest absolute Gasteiger partial charge is 0.0310 e. The molecular weight excluding hydrogens is 180 g/mol. The van der Waals surface area contributed by atoms with Crippen molar-refractivity contribution in [1.82, 2.24) is 0 Å². The molecule has 0 unspecified atom stereocenters. The summed E-state index contributed by atoms with van der Waals surface area (Å²) in [5.41, 5.74) is 1.39. The fourth-order valence-corrected chi connectivity index (χ4v) is 1.60. The summed E-state index contributed by atoms with van der Waals surface area (Å²) >= 11 is 0. The summed E-state index contributed by atoms with van der Waals surface area (Å²) in [6.45, 7) is 2.18. The van der Waals surface area contributed by atoms with Gasteiger partial charge in [-0.2, -0.15) is 0 Å². The van der Waals surface area contributed by atoms with Gasteiger partial charge < -0.3 is 0 Å². The minimum Gasteiger partial charge on any atom is -0.0882 e. The van der Waals surface area contributed by atoms with Crippen molar-refractivity contribution in [3.05, 3.63) is 48.1 Å². The molecule has 0 nitrogen and oxygen atoms in total. The Morgan fingerprint density at radius 2 is 1.13 bits per heavy atom. The summed E-state index contributed by atoms with van der Waals surface area (Å²) in [6.07, 6.45) is 23.1. The largest absolute Gasteiger partial charge is 0.0882 e. The van der Waals surface area contributed by atoms with Crippen LogP contribution < -0.4 is 0 Å². The Labute approximate surface area is 94.1 Å². The first-order chi connectivity index (χ1) is 7.39. The van der Waals surface area contributed by atoms with Crippen molar-refractivity contribution in [2.24, 2.45) is 0 Å². The summed E-state index contributed by atoms with van der Waals surface area (Å²) in [7, 11) is 0. The van der Waals surface area contributed by atoms with Gasteiger partial charge in [0.25, 0.3) is 0 Å². The van der Waals surface area contributed by atoms with Gasteiger partial charge in [0.1, 0.15) is 0 Å². The van der Waals surface area contributed by atoms with E-state index in [1.807, 2.05) is 0 Å². The topological polar surface area (TPSA) is 0 Å². The van der Waals surface area contributed by atoms with Gasteiger partial charge >= 0.3 is 0 Å². The lowest BCUT2D eigenvalue weighted by atomic mass is 10.1. The van der Waals surface area contributed by atoms with Crippen LogP contribution in [0, 0.1) is 0 Å². The quantitative estimate of drug-likeness (QED) is 0.487. The van der Waals surface area contributed by atoms with E-state index in [9.17, 15) is 0 Å². The lowest BCUT2D eigenvalue weighted by Gasteiger charge is -1.94. The lowest BCUT2D eigenvalue weighted by molar-refractivity contribution is 0.979. The van der Waals surface area contributed by atoms with Crippen LogP contribution in [0.1, 0.15) is 45.4 Å². The maximum Gasteiger partial charge on any atom is -0.0310 e. The summed E-state index contributed by atoms with van der Waals surface area (Å²) < 4.78 is 0. The first-order valence-corrected chi connectivity index (χ1v) is 6.03. The van der Waals surface area contributed by atoms with Gasteiger partial charge in [0.15, 0.2) is 0 Å². The molecule has 82 valence electrons. The number of hydrogen-bond donors (Lipinski definition) is 0. The van der Waals surface area contributed by atoms with Crippen LogP contribution in [0.15, 0.2) is 48.1 Å². The molecule has 0 atom stereocenters. The predicted molar refractivity (Wildman–Crippen MR) is 68.9 cm³/mol. The Kier molecular flexibility index (Phi) is 6.64. The zero-order valence-corrected chi connectivity index (χ0v) is 9.78. The van der Waals surface area contributed by atoms with Gasteiger partial charge in [-0.3, -0.25) is 0 Å². The second-order valence-corrected chi connectivity index (χ2v) is 4.03. The van der Waals surface area contributed by atoms with E-state index >= 15 is 0 Å². The number of hydrogen-bond acceptors (Lipinski definition) is 0. The normalized spacial score (nSPS) is 19.7. The van der Waals surface area contributed by atoms with E-state index < -0.39 is 0 Å². The van der Waals surface area contributed by atoms with Gasteiger partial charge in [-0.15, -0.1) is 0 Å². The highest BCUT2D eigenvalue weighted by atomic mass is 13.9. The van der Waals surface area contributed by atoms with Crippen molar-refractivity contribution in [2.75, 3.05) is 0 Å². The monoisotopic (exact) mass is 202 g/mol. The van der Waals surface area contributed by atoms with E-state index in [1.165, 1.54) is 37.7 Å². The van der Waals surface area contributed by atoms with Crippen molar-refractivity contribution >= 4 is 0 Å². The van der Waals surface area contributed by atoms with Crippen LogP contribution in [-0.4, -0.2) is 0 Å². The molecule has 1 aliphatic rings. The maximum atomic E-state index is 2.32. The van der Waals surface area contributed by atoms with Crippen molar-refractivity contribution in [1.29, 1.82) is 0 Å². The van der Waals surface area contributed by atoms with Crippen LogP contribution in [0.2, 0.25) is 0 Å². The molecule has 0 saturated heterocycles.